The molecule has 0 aromatic heterocycles. The van der Waals surface area contributed by atoms with Crippen LogP contribution in [0.15, 0.2) is 24.3 Å². The van der Waals surface area contributed by atoms with Gasteiger partial charge in [0.2, 0.25) is 0 Å². The van der Waals surface area contributed by atoms with E-state index in [1.165, 1.54) is 6.42 Å². The van der Waals surface area contributed by atoms with Gasteiger partial charge in [0.15, 0.2) is 0 Å². The average Bonchev–Trinajstić information content (AvgIpc) is 2.22. The summed E-state index contributed by atoms with van der Waals surface area (Å²) >= 11 is 0. The number of fused-ring (bicyclic) bond motifs is 2. The van der Waals surface area contributed by atoms with Crippen molar-refractivity contribution in [3.8, 4) is 0 Å². The van der Waals surface area contributed by atoms with Crippen LogP contribution in [0.3, 0.4) is 0 Å². The van der Waals surface area contributed by atoms with Gasteiger partial charge in [0, 0.05) is 0 Å². The molecule has 0 fully saturated rings. The molecule has 0 nitrogen and oxygen atoms in total. The molecule has 0 N–H and O–H groups in total. The third kappa shape index (κ3) is 0.692. The van der Waals surface area contributed by atoms with Gasteiger partial charge in [-0.1, -0.05) is 24.3 Å². The zero-order chi connectivity index (χ0) is 4.69. The summed E-state index contributed by atoms with van der Waals surface area (Å²) in [5, 5.41) is 0. The molecule has 2 bridgehead atoms. The van der Waals surface area contributed by atoms with E-state index < -0.39 is 0 Å². The molecule has 0 aliphatic heterocycles. The van der Waals surface area contributed by atoms with Crippen molar-refractivity contribution in [2.45, 2.75) is 6.42 Å². The second-order valence-corrected chi connectivity index (χ2v) is 2.33. The zero-order valence-electron chi connectivity index (χ0n) is 4.58. The van der Waals surface area contributed by atoms with Gasteiger partial charge >= 0.3 is 0 Å². The highest BCUT2D eigenvalue weighted by Gasteiger charge is 2.19. The van der Waals surface area contributed by atoms with Crippen LogP contribution < -0.4 is 0 Å². The van der Waals surface area contributed by atoms with Gasteiger partial charge in [-0.2, -0.15) is 0 Å². The lowest BCUT2D eigenvalue weighted by Gasteiger charge is -1.88. The minimum absolute atomic E-state index is 0. The number of halogens is 1. The van der Waals surface area contributed by atoms with Crippen molar-refractivity contribution in [1.29, 1.82) is 0 Å². The van der Waals surface area contributed by atoms with Crippen molar-refractivity contribution >= 4 is 12.4 Å². The summed E-state index contributed by atoms with van der Waals surface area (Å²) < 4.78 is 0. The Kier molecular flexibility index (Phi) is 1.43. The van der Waals surface area contributed by atoms with Crippen molar-refractivity contribution in [2.24, 2.45) is 11.8 Å². The molecule has 8 heavy (non-hydrogen) atoms. The second kappa shape index (κ2) is 1.94. The molecule has 0 heterocycles. The van der Waals surface area contributed by atoms with E-state index in [1.807, 2.05) is 0 Å². The first kappa shape index (κ1) is 5.90. The third-order valence-corrected chi connectivity index (χ3v) is 1.76. The highest BCUT2D eigenvalue weighted by Crippen LogP contribution is 2.31. The second-order valence-electron chi connectivity index (χ2n) is 2.33. The summed E-state index contributed by atoms with van der Waals surface area (Å²) in [4.78, 5) is 0. The molecular weight excluding hydrogens is 120 g/mol. The Morgan fingerprint density at radius 1 is 0.875 bits per heavy atom. The highest BCUT2D eigenvalue weighted by atomic mass is 35.5. The highest BCUT2D eigenvalue weighted by molar-refractivity contribution is 5.85. The molecule has 0 radical (unpaired) electrons. The van der Waals surface area contributed by atoms with Crippen LogP contribution in [0.25, 0.3) is 0 Å². The van der Waals surface area contributed by atoms with Crippen LogP contribution in [-0.4, -0.2) is 0 Å². The minimum Gasteiger partial charge on any atom is -0.147 e. The van der Waals surface area contributed by atoms with E-state index in [-0.39, 0.29) is 12.4 Å². The summed E-state index contributed by atoms with van der Waals surface area (Å²) in [6, 6.07) is 0. The van der Waals surface area contributed by atoms with Crippen LogP contribution in [0.1, 0.15) is 6.42 Å². The molecule has 0 amide bonds. The molecule has 44 valence electrons. The first-order chi connectivity index (χ1) is 3.45. The van der Waals surface area contributed by atoms with Crippen LogP contribution in [0.4, 0.5) is 0 Å². The maximum atomic E-state index is 2.30. The maximum absolute atomic E-state index is 2.30. The summed E-state index contributed by atoms with van der Waals surface area (Å²) in [6.45, 7) is 0. The summed E-state index contributed by atoms with van der Waals surface area (Å²) in [5.41, 5.74) is 0. The van der Waals surface area contributed by atoms with Crippen molar-refractivity contribution in [3.05, 3.63) is 24.3 Å². The smallest absolute Gasteiger partial charge is 0.00445 e. The van der Waals surface area contributed by atoms with Gasteiger partial charge in [-0.15, -0.1) is 12.4 Å². The van der Waals surface area contributed by atoms with Gasteiger partial charge in [0.1, 0.15) is 0 Å². The van der Waals surface area contributed by atoms with Crippen LogP contribution >= 0.6 is 12.4 Å². The Balaban J connectivity index is 0.000000320. The third-order valence-electron chi connectivity index (χ3n) is 1.76. The lowest BCUT2D eigenvalue weighted by Crippen LogP contribution is -1.79. The molecule has 1 heteroatoms. The van der Waals surface area contributed by atoms with Crippen molar-refractivity contribution in [1.82, 2.24) is 0 Å². The van der Waals surface area contributed by atoms with Gasteiger partial charge in [0.05, 0.1) is 0 Å². The van der Waals surface area contributed by atoms with Gasteiger partial charge in [-0.3, -0.25) is 0 Å². The minimum atomic E-state index is 0. The molecule has 0 spiro atoms. The first-order valence-electron chi connectivity index (χ1n) is 2.82. The van der Waals surface area contributed by atoms with Crippen LogP contribution in [0, 0.1) is 11.8 Å². The number of allylic oxidation sites excluding steroid dienone is 4. The molecule has 2 aliphatic rings. The Morgan fingerprint density at radius 3 is 1.38 bits per heavy atom. The zero-order valence-corrected chi connectivity index (χ0v) is 5.40. The molecule has 2 aliphatic carbocycles. The summed E-state index contributed by atoms with van der Waals surface area (Å²) in [5.74, 6) is 1.62. The lowest BCUT2D eigenvalue weighted by molar-refractivity contribution is 0.732. The Bertz CT molecular complexity index is 107. The fraction of sp³-hybridized carbons (Fsp3) is 0.429. The van der Waals surface area contributed by atoms with E-state index in [4.69, 9.17) is 0 Å². The van der Waals surface area contributed by atoms with Crippen LogP contribution in [0.2, 0.25) is 0 Å². The molecule has 0 unspecified atom stereocenters. The number of hydrogen-bond acceptors (Lipinski definition) is 0. The summed E-state index contributed by atoms with van der Waals surface area (Å²) in [6.07, 6.45) is 10.5. The van der Waals surface area contributed by atoms with Crippen LogP contribution in [0.5, 0.6) is 0 Å². The van der Waals surface area contributed by atoms with Crippen molar-refractivity contribution in [2.75, 3.05) is 0 Å². The van der Waals surface area contributed by atoms with Gasteiger partial charge < -0.3 is 0 Å². The molecule has 2 rings (SSSR count). The van der Waals surface area contributed by atoms with Crippen molar-refractivity contribution < 1.29 is 0 Å². The predicted molar refractivity (Wildman–Crippen MR) is 37.1 cm³/mol. The Morgan fingerprint density at radius 2 is 1.25 bits per heavy atom. The van der Waals surface area contributed by atoms with Crippen molar-refractivity contribution in [3.63, 3.8) is 0 Å². The number of hydrogen-bond donors (Lipinski definition) is 0. The fourth-order valence-corrected chi connectivity index (χ4v) is 1.33. The average molecular weight is 129 g/mol. The van der Waals surface area contributed by atoms with E-state index in [2.05, 4.69) is 24.3 Å². The predicted octanol–water partition coefficient (Wildman–Crippen LogP) is 2.17. The molecule has 0 saturated heterocycles. The van der Waals surface area contributed by atoms with Gasteiger partial charge in [-0.05, 0) is 18.3 Å². The maximum Gasteiger partial charge on any atom is -0.00445 e. The lowest BCUT2D eigenvalue weighted by atomic mass is 10.2. The Hall–Kier alpha value is -0.230. The van der Waals surface area contributed by atoms with E-state index in [9.17, 15) is 0 Å². The topological polar surface area (TPSA) is 0 Å². The van der Waals surface area contributed by atoms with Crippen LogP contribution in [-0.2, 0) is 0 Å². The molecule has 0 atom stereocenters. The fourth-order valence-electron chi connectivity index (χ4n) is 1.33. The number of rotatable bonds is 0. The quantitative estimate of drug-likeness (QED) is 0.439. The van der Waals surface area contributed by atoms with E-state index in [0.29, 0.717) is 0 Å². The molecule has 0 aromatic rings. The first-order valence-corrected chi connectivity index (χ1v) is 2.82. The molecular formula is C7H9Cl. The van der Waals surface area contributed by atoms with E-state index in [1.54, 1.807) is 0 Å². The monoisotopic (exact) mass is 128 g/mol. The van der Waals surface area contributed by atoms with E-state index >= 15 is 0 Å². The standard InChI is InChI=1S/C7H8.ClH/c1-2-7-4-3-6(1)5-7;/h1-4,6-7H,5H2;1H. The van der Waals surface area contributed by atoms with Gasteiger partial charge in [0.25, 0.3) is 0 Å². The Labute approximate surface area is 55.7 Å². The summed E-state index contributed by atoms with van der Waals surface area (Å²) in [7, 11) is 0. The van der Waals surface area contributed by atoms with Gasteiger partial charge in [-0.25, -0.2) is 0 Å². The molecule has 0 saturated carbocycles. The molecule has 0 aromatic carbocycles. The van der Waals surface area contributed by atoms with E-state index in [0.717, 1.165) is 11.8 Å². The SMILES string of the molecule is C1=CC2C=CC1C2.Cl. The normalized spacial score (nSPS) is 38.0. The largest absolute Gasteiger partial charge is 0.147 e.